The molecule has 1 aromatic carbocycles. The summed E-state index contributed by atoms with van der Waals surface area (Å²) in [5, 5.41) is 24.0. The summed E-state index contributed by atoms with van der Waals surface area (Å²) < 4.78 is 0. The summed E-state index contributed by atoms with van der Waals surface area (Å²) in [7, 11) is 0. The molecule has 17 heavy (non-hydrogen) atoms. The van der Waals surface area contributed by atoms with E-state index in [2.05, 4.69) is 52.0 Å². The van der Waals surface area contributed by atoms with Gasteiger partial charge in [0, 0.05) is 0 Å². The van der Waals surface area contributed by atoms with Crippen LogP contribution >= 0.6 is 0 Å². The third-order valence-corrected chi connectivity index (χ3v) is 2.29. The molecule has 0 radical (unpaired) electrons. The second kappa shape index (κ2) is 11.5. The highest BCUT2D eigenvalue weighted by Crippen LogP contribution is 2.16. The summed E-state index contributed by atoms with van der Waals surface area (Å²) in [6, 6.07) is 9.02. The Balaban J connectivity index is 0. The maximum atomic E-state index is 6.00. The van der Waals surface area contributed by atoms with Gasteiger partial charge < -0.3 is 0 Å². The first kappa shape index (κ1) is 18.4. The number of hydrogen-bond donors (Lipinski definition) is 4. The molecule has 0 fully saturated rings. The van der Waals surface area contributed by atoms with Gasteiger partial charge in [-0.05, 0) is 29.4 Å². The molecule has 4 heteroatoms. The van der Waals surface area contributed by atoms with Crippen LogP contribution < -0.4 is 0 Å². The maximum absolute atomic E-state index is 6.00. The zero-order valence-corrected chi connectivity index (χ0v) is 11.0. The first-order chi connectivity index (χ1) is 8.09. The lowest BCUT2D eigenvalue weighted by atomic mass is 9.98. The maximum Gasteiger partial charge on any atom is -0.0219 e. The average molecular weight is 244 g/mol. The van der Waals surface area contributed by atoms with Crippen LogP contribution in [0.4, 0.5) is 0 Å². The standard InChI is InChI=1S/C13H20.2H2O2/c1-10(2)9-12-5-7-13(8-6-12)11(3)4;2*1-2/h5-8,10-11H,9H2,1-4H3;2*1-2H. The van der Waals surface area contributed by atoms with Gasteiger partial charge in [0.2, 0.25) is 0 Å². The molecule has 0 aliphatic heterocycles. The molecule has 0 aliphatic carbocycles. The second-order valence-electron chi connectivity index (χ2n) is 4.49. The molecule has 0 aromatic heterocycles. The van der Waals surface area contributed by atoms with Crippen molar-refractivity contribution in [2.75, 3.05) is 0 Å². The highest BCUT2D eigenvalue weighted by molar-refractivity contribution is 5.24. The van der Waals surface area contributed by atoms with Crippen molar-refractivity contribution in [3.63, 3.8) is 0 Å². The van der Waals surface area contributed by atoms with Gasteiger partial charge in [0.25, 0.3) is 0 Å². The average Bonchev–Trinajstić information content (AvgIpc) is 2.34. The van der Waals surface area contributed by atoms with Gasteiger partial charge in [-0.1, -0.05) is 52.0 Å². The third kappa shape index (κ3) is 8.83. The fraction of sp³-hybridized carbons (Fsp3) is 0.538. The fourth-order valence-corrected chi connectivity index (χ4v) is 1.51. The molecule has 0 aliphatic rings. The minimum absolute atomic E-state index is 0.646. The van der Waals surface area contributed by atoms with Crippen LogP contribution in [-0.2, 0) is 6.42 Å². The summed E-state index contributed by atoms with van der Waals surface area (Å²) in [5.74, 6) is 1.40. The predicted octanol–water partition coefficient (Wildman–Crippen LogP) is 4.04. The molecule has 100 valence electrons. The van der Waals surface area contributed by atoms with Gasteiger partial charge in [-0.15, -0.1) is 0 Å². The number of hydrogen-bond acceptors (Lipinski definition) is 4. The van der Waals surface area contributed by atoms with Crippen LogP contribution in [0.3, 0.4) is 0 Å². The molecule has 1 rings (SSSR count). The fourth-order valence-electron chi connectivity index (χ4n) is 1.51. The Bertz CT molecular complexity index is 255. The van der Waals surface area contributed by atoms with Gasteiger partial charge in [0.1, 0.15) is 0 Å². The van der Waals surface area contributed by atoms with Crippen molar-refractivity contribution < 1.29 is 21.0 Å². The lowest BCUT2D eigenvalue weighted by Gasteiger charge is -2.08. The second-order valence-corrected chi connectivity index (χ2v) is 4.49. The van der Waals surface area contributed by atoms with E-state index in [9.17, 15) is 0 Å². The van der Waals surface area contributed by atoms with Gasteiger partial charge in [-0.25, -0.2) is 0 Å². The van der Waals surface area contributed by atoms with Crippen molar-refractivity contribution >= 4 is 0 Å². The molecule has 0 bridgehead atoms. The monoisotopic (exact) mass is 244 g/mol. The Hall–Kier alpha value is -0.940. The van der Waals surface area contributed by atoms with Crippen LogP contribution in [0.2, 0.25) is 0 Å². The lowest BCUT2D eigenvalue weighted by Crippen LogP contribution is -1.94. The molecular formula is C13H24O4. The van der Waals surface area contributed by atoms with Crippen LogP contribution in [0, 0.1) is 5.92 Å². The molecular weight excluding hydrogens is 220 g/mol. The van der Waals surface area contributed by atoms with Crippen molar-refractivity contribution in [3.8, 4) is 0 Å². The lowest BCUT2D eigenvalue weighted by molar-refractivity contribution is -0.176. The molecule has 1 aromatic rings. The Morgan fingerprint density at radius 1 is 0.824 bits per heavy atom. The van der Waals surface area contributed by atoms with Crippen LogP contribution in [0.1, 0.15) is 44.7 Å². The highest BCUT2D eigenvalue weighted by atomic mass is 17.0. The van der Waals surface area contributed by atoms with Crippen LogP contribution in [0.15, 0.2) is 24.3 Å². The normalized spacial score (nSPS) is 9.29. The third-order valence-electron chi connectivity index (χ3n) is 2.29. The molecule has 0 saturated heterocycles. The van der Waals surface area contributed by atoms with Crippen molar-refractivity contribution in [3.05, 3.63) is 35.4 Å². The quantitative estimate of drug-likeness (QED) is 0.477. The van der Waals surface area contributed by atoms with E-state index in [-0.39, 0.29) is 0 Å². The van der Waals surface area contributed by atoms with E-state index in [0.717, 1.165) is 5.92 Å². The first-order valence-corrected chi connectivity index (χ1v) is 5.58. The van der Waals surface area contributed by atoms with Crippen molar-refractivity contribution in [1.29, 1.82) is 0 Å². The summed E-state index contributed by atoms with van der Waals surface area (Å²) in [4.78, 5) is 0. The molecule has 0 saturated carbocycles. The number of benzene rings is 1. The smallest absolute Gasteiger partial charge is 0.0219 e. The van der Waals surface area contributed by atoms with Crippen molar-refractivity contribution in [1.82, 2.24) is 0 Å². The van der Waals surface area contributed by atoms with Crippen LogP contribution in [-0.4, -0.2) is 21.0 Å². The van der Waals surface area contributed by atoms with Gasteiger partial charge in [0.15, 0.2) is 0 Å². The molecule has 4 nitrogen and oxygen atoms in total. The summed E-state index contributed by atoms with van der Waals surface area (Å²) in [6.45, 7) is 8.99. The zero-order valence-electron chi connectivity index (χ0n) is 11.0. The van der Waals surface area contributed by atoms with Crippen molar-refractivity contribution in [2.24, 2.45) is 5.92 Å². The first-order valence-electron chi connectivity index (χ1n) is 5.58. The molecule has 0 unspecified atom stereocenters. The summed E-state index contributed by atoms with van der Waals surface area (Å²) >= 11 is 0. The topological polar surface area (TPSA) is 80.9 Å². The molecule has 4 N–H and O–H groups in total. The molecule has 0 heterocycles. The van der Waals surface area contributed by atoms with E-state index in [1.807, 2.05) is 0 Å². The van der Waals surface area contributed by atoms with Crippen LogP contribution in [0.5, 0.6) is 0 Å². The number of rotatable bonds is 3. The Kier molecular flexibility index (Phi) is 12.5. The Labute approximate surface area is 103 Å². The SMILES string of the molecule is CC(C)Cc1ccc(C(C)C)cc1.OO.OO. The minimum atomic E-state index is 0.646. The summed E-state index contributed by atoms with van der Waals surface area (Å²) in [5.41, 5.74) is 2.90. The Morgan fingerprint density at radius 2 is 1.24 bits per heavy atom. The van der Waals surface area contributed by atoms with Gasteiger partial charge in [-0.3, -0.25) is 21.0 Å². The van der Waals surface area contributed by atoms with Crippen LogP contribution in [0.25, 0.3) is 0 Å². The van der Waals surface area contributed by atoms with E-state index in [1.54, 1.807) is 0 Å². The van der Waals surface area contributed by atoms with E-state index < -0.39 is 0 Å². The van der Waals surface area contributed by atoms with Gasteiger partial charge >= 0.3 is 0 Å². The van der Waals surface area contributed by atoms with Crippen molar-refractivity contribution in [2.45, 2.75) is 40.0 Å². The van der Waals surface area contributed by atoms with Gasteiger partial charge in [-0.2, -0.15) is 0 Å². The predicted molar refractivity (Wildman–Crippen MR) is 69.6 cm³/mol. The molecule has 0 amide bonds. The van der Waals surface area contributed by atoms with E-state index in [4.69, 9.17) is 21.0 Å². The summed E-state index contributed by atoms with van der Waals surface area (Å²) in [6.07, 6.45) is 1.19. The van der Waals surface area contributed by atoms with Gasteiger partial charge in [0.05, 0.1) is 0 Å². The minimum Gasteiger partial charge on any atom is -0.255 e. The highest BCUT2D eigenvalue weighted by Gasteiger charge is 2.00. The van der Waals surface area contributed by atoms with E-state index >= 15 is 0 Å². The largest absolute Gasteiger partial charge is 0.255 e. The Morgan fingerprint density at radius 3 is 1.53 bits per heavy atom. The zero-order chi connectivity index (χ0) is 13.8. The van der Waals surface area contributed by atoms with E-state index in [0.29, 0.717) is 5.92 Å². The van der Waals surface area contributed by atoms with E-state index in [1.165, 1.54) is 17.5 Å². The molecule has 0 atom stereocenters. The molecule has 0 spiro atoms.